The molecule has 4 heteroatoms. The standard InChI is InChI=1S/C15H20N2S2/c1-17(2)10-12-3-5-14(6-4-12)19-15-7-8-16-13(9-15)11-18/h3-6,15-16H,7-10H2,1-2H3. The molecule has 1 saturated heterocycles. The minimum atomic E-state index is 0.617. The van der Waals surface area contributed by atoms with Gasteiger partial charge in [0.25, 0.3) is 0 Å². The first kappa shape index (κ1) is 14.6. The fourth-order valence-electron chi connectivity index (χ4n) is 2.20. The molecule has 1 fully saturated rings. The molecular formula is C15H20N2S2. The van der Waals surface area contributed by atoms with Crippen LogP contribution in [0.1, 0.15) is 18.4 Å². The molecule has 0 saturated carbocycles. The summed E-state index contributed by atoms with van der Waals surface area (Å²) in [5.41, 5.74) is 2.45. The van der Waals surface area contributed by atoms with Gasteiger partial charge in [0.15, 0.2) is 0 Å². The fourth-order valence-corrected chi connectivity index (χ4v) is 3.51. The molecule has 1 heterocycles. The molecule has 0 radical (unpaired) electrons. The summed E-state index contributed by atoms with van der Waals surface area (Å²) in [6.07, 6.45) is 2.19. The fraction of sp³-hybridized carbons (Fsp3) is 0.467. The third-order valence-corrected chi connectivity index (χ3v) is 4.61. The SMILES string of the molecule is CN(C)Cc1ccc(SC2CCNC(=C=S)C2)cc1. The molecule has 19 heavy (non-hydrogen) atoms. The van der Waals surface area contributed by atoms with E-state index in [1.807, 2.05) is 11.8 Å². The molecule has 2 rings (SSSR count). The quantitative estimate of drug-likeness (QED) is 0.858. The number of benzene rings is 1. The number of nitrogens with one attached hydrogen (secondary N) is 1. The molecule has 1 aromatic rings. The van der Waals surface area contributed by atoms with Crippen molar-refractivity contribution < 1.29 is 0 Å². The molecule has 102 valence electrons. The second-order valence-electron chi connectivity index (χ2n) is 5.12. The molecule has 0 aromatic heterocycles. The average molecular weight is 292 g/mol. The van der Waals surface area contributed by atoms with Crippen LogP contribution in [0.25, 0.3) is 0 Å². The van der Waals surface area contributed by atoms with Crippen molar-refractivity contribution in [3.05, 3.63) is 35.5 Å². The number of hydrogen-bond acceptors (Lipinski definition) is 4. The van der Waals surface area contributed by atoms with Crippen LogP contribution in [0.2, 0.25) is 0 Å². The highest BCUT2D eigenvalue weighted by Gasteiger charge is 2.17. The van der Waals surface area contributed by atoms with Gasteiger partial charge in [0, 0.05) is 29.7 Å². The smallest absolute Gasteiger partial charge is 0.0665 e. The molecule has 0 aliphatic carbocycles. The van der Waals surface area contributed by atoms with Gasteiger partial charge in [0.2, 0.25) is 0 Å². The van der Waals surface area contributed by atoms with Crippen LogP contribution in [0.3, 0.4) is 0 Å². The van der Waals surface area contributed by atoms with Crippen LogP contribution in [0.5, 0.6) is 0 Å². The van der Waals surface area contributed by atoms with Gasteiger partial charge >= 0.3 is 0 Å². The molecule has 0 amide bonds. The van der Waals surface area contributed by atoms with Crippen molar-refractivity contribution in [3.63, 3.8) is 0 Å². The number of hydrogen-bond donors (Lipinski definition) is 1. The Labute approximate surface area is 125 Å². The van der Waals surface area contributed by atoms with E-state index >= 15 is 0 Å². The van der Waals surface area contributed by atoms with Gasteiger partial charge in [-0.2, -0.15) is 0 Å². The Bertz CT molecular complexity index is 462. The summed E-state index contributed by atoms with van der Waals surface area (Å²) >= 11 is 6.83. The molecule has 0 spiro atoms. The Morgan fingerprint density at radius 1 is 1.37 bits per heavy atom. The topological polar surface area (TPSA) is 15.3 Å². The number of allylic oxidation sites excluding steroid dienone is 1. The van der Waals surface area contributed by atoms with Gasteiger partial charge in [-0.3, -0.25) is 0 Å². The number of thioether (sulfide) groups is 1. The molecule has 1 aromatic carbocycles. The van der Waals surface area contributed by atoms with Crippen LogP contribution in [-0.4, -0.2) is 35.8 Å². The summed E-state index contributed by atoms with van der Waals surface area (Å²) in [4.78, 5) is 3.53. The van der Waals surface area contributed by atoms with Crippen molar-refractivity contribution in [1.29, 1.82) is 0 Å². The van der Waals surface area contributed by atoms with Crippen molar-refractivity contribution in [2.24, 2.45) is 0 Å². The lowest BCUT2D eigenvalue weighted by Gasteiger charge is -2.23. The molecule has 1 aliphatic heterocycles. The first-order valence-corrected chi connectivity index (χ1v) is 7.84. The van der Waals surface area contributed by atoms with Crippen LogP contribution in [0.4, 0.5) is 0 Å². The molecular weight excluding hydrogens is 272 g/mol. The summed E-state index contributed by atoms with van der Waals surface area (Å²) in [5, 5.41) is 6.74. The molecule has 1 unspecified atom stereocenters. The van der Waals surface area contributed by atoms with E-state index in [1.165, 1.54) is 16.9 Å². The molecule has 1 atom stereocenters. The van der Waals surface area contributed by atoms with Gasteiger partial charge < -0.3 is 10.2 Å². The monoisotopic (exact) mass is 292 g/mol. The summed E-state index contributed by atoms with van der Waals surface area (Å²) < 4.78 is 0. The van der Waals surface area contributed by atoms with Gasteiger partial charge in [-0.15, -0.1) is 11.8 Å². The molecule has 1 aliphatic rings. The van der Waals surface area contributed by atoms with Gasteiger partial charge in [-0.05, 0) is 55.5 Å². The third-order valence-electron chi connectivity index (χ3n) is 3.08. The summed E-state index contributed by atoms with van der Waals surface area (Å²) in [7, 11) is 4.19. The predicted octanol–water partition coefficient (Wildman–Crippen LogP) is 3.07. The van der Waals surface area contributed by atoms with E-state index in [9.17, 15) is 0 Å². The minimum Gasteiger partial charge on any atom is -0.381 e. The number of thiocarbonyl (C=S) groups is 1. The lowest BCUT2D eigenvalue weighted by atomic mass is 10.1. The minimum absolute atomic E-state index is 0.617. The Kier molecular flexibility index (Phi) is 5.46. The second kappa shape index (κ2) is 7.11. The van der Waals surface area contributed by atoms with E-state index in [2.05, 4.69) is 53.6 Å². The number of piperidine rings is 1. The zero-order valence-electron chi connectivity index (χ0n) is 11.5. The van der Waals surface area contributed by atoms with Crippen LogP contribution >= 0.6 is 24.0 Å². The van der Waals surface area contributed by atoms with Crippen molar-refractivity contribution >= 4 is 29.0 Å². The lowest BCUT2D eigenvalue weighted by molar-refractivity contribution is 0.402. The summed E-state index contributed by atoms with van der Waals surface area (Å²) in [5.74, 6) is 0. The lowest BCUT2D eigenvalue weighted by Crippen LogP contribution is -2.27. The normalized spacial score (nSPS) is 19.1. The highest BCUT2D eigenvalue weighted by Crippen LogP contribution is 2.30. The largest absolute Gasteiger partial charge is 0.381 e. The predicted molar refractivity (Wildman–Crippen MR) is 86.8 cm³/mol. The zero-order chi connectivity index (χ0) is 13.7. The molecule has 1 N–H and O–H groups in total. The highest BCUT2D eigenvalue weighted by atomic mass is 32.2. The average Bonchev–Trinajstić information content (AvgIpc) is 2.41. The van der Waals surface area contributed by atoms with Gasteiger partial charge in [-0.25, -0.2) is 0 Å². The van der Waals surface area contributed by atoms with E-state index in [1.54, 1.807) is 0 Å². The maximum absolute atomic E-state index is 4.88. The van der Waals surface area contributed by atoms with E-state index < -0.39 is 0 Å². The van der Waals surface area contributed by atoms with E-state index in [4.69, 9.17) is 12.2 Å². The first-order valence-electron chi connectivity index (χ1n) is 6.55. The van der Waals surface area contributed by atoms with Crippen molar-refractivity contribution in [3.8, 4) is 0 Å². The Morgan fingerprint density at radius 2 is 2.11 bits per heavy atom. The van der Waals surface area contributed by atoms with E-state index in [-0.39, 0.29) is 0 Å². The maximum atomic E-state index is 4.88. The van der Waals surface area contributed by atoms with E-state index in [0.717, 1.165) is 25.2 Å². The van der Waals surface area contributed by atoms with Crippen LogP contribution in [0, 0.1) is 0 Å². The van der Waals surface area contributed by atoms with Crippen LogP contribution < -0.4 is 5.32 Å². The highest BCUT2D eigenvalue weighted by molar-refractivity contribution is 8.00. The second-order valence-corrected chi connectivity index (χ2v) is 6.70. The maximum Gasteiger partial charge on any atom is 0.0665 e. The molecule has 2 nitrogen and oxygen atoms in total. The van der Waals surface area contributed by atoms with Crippen molar-refractivity contribution in [2.45, 2.75) is 29.5 Å². The van der Waals surface area contributed by atoms with Gasteiger partial charge in [0.1, 0.15) is 0 Å². The Hall–Kier alpha value is -0.800. The zero-order valence-corrected chi connectivity index (χ0v) is 13.1. The third kappa shape index (κ3) is 4.66. The number of nitrogens with zero attached hydrogens (tertiary/aromatic N) is 1. The summed E-state index contributed by atoms with van der Waals surface area (Å²) in [6, 6.07) is 8.90. The first-order chi connectivity index (χ1) is 9.17. The summed E-state index contributed by atoms with van der Waals surface area (Å²) in [6.45, 7) is 2.01. The van der Waals surface area contributed by atoms with Gasteiger partial charge in [-0.1, -0.05) is 12.1 Å². The molecule has 0 bridgehead atoms. The number of rotatable bonds is 4. The Morgan fingerprint density at radius 3 is 2.74 bits per heavy atom. The Balaban J connectivity index is 1.93. The van der Waals surface area contributed by atoms with E-state index in [0.29, 0.717) is 5.25 Å². The van der Waals surface area contributed by atoms with Crippen LogP contribution in [-0.2, 0) is 6.54 Å². The van der Waals surface area contributed by atoms with Gasteiger partial charge in [0.05, 0.1) is 5.70 Å². The van der Waals surface area contributed by atoms with Crippen molar-refractivity contribution in [1.82, 2.24) is 10.2 Å². The van der Waals surface area contributed by atoms with Crippen LogP contribution in [0.15, 0.2) is 34.9 Å². The van der Waals surface area contributed by atoms with Crippen molar-refractivity contribution in [2.75, 3.05) is 20.6 Å².